The maximum Gasteiger partial charge on any atom is 0.134 e. The van der Waals surface area contributed by atoms with Crippen LogP contribution in [0.1, 0.15) is 49.1 Å². The van der Waals surface area contributed by atoms with E-state index < -0.39 is 0 Å². The lowest BCUT2D eigenvalue weighted by molar-refractivity contribution is 0.0783. The van der Waals surface area contributed by atoms with E-state index in [0.29, 0.717) is 17.3 Å². The van der Waals surface area contributed by atoms with Crippen molar-refractivity contribution < 1.29 is 4.74 Å². The molecule has 2 aliphatic heterocycles. The number of aromatic nitrogens is 2. The highest BCUT2D eigenvalue weighted by Gasteiger charge is 2.31. The molecule has 4 heterocycles. The number of rotatable bonds is 6. The molecule has 0 aromatic carbocycles. The van der Waals surface area contributed by atoms with E-state index in [2.05, 4.69) is 38.3 Å². The van der Waals surface area contributed by atoms with Gasteiger partial charge in [-0.3, -0.25) is 0 Å². The second kappa shape index (κ2) is 8.81. The van der Waals surface area contributed by atoms with Crippen molar-refractivity contribution in [2.45, 2.75) is 50.2 Å². The zero-order chi connectivity index (χ0) is 21.2. The number of anilines is 3. The monoisotopic (exact) mass is 418 g/mol. The Labute approximate surface area is 184 Å². The van der Waals surface area contributed by atoms with Gasteiger partial charge in [0.15, 0.2) is 0 Å². The lowest BCUT2D eigenvalue weighted by Gasteiger charge is -2.42. The smallest absolute Gasteiger partial charge is 0.134 e. The normalized spacial score (nSPS) is 20.7. The fourth-order valence-corrected chi connectivity index (χ4v) is 4.82. The molecule has 3 fully saturated rings. The van der Waals surface area contributed by atoms with Crippen LogP contribution in [0, 0.1) is 11.3 Å². The average Bonchev–Trinajstić information content (AvgIpc) is 2.72. The maximum atomic E-state index is 9.19. The molecule has 2 aromatic heterocycles. The van der Waals surface area contributed by atoms with Crippen molar-refractivity contribution in [1.29, 1.82) is 5.26 Å². The number of nitrogens with zero attached hydrogens (tertiary/aromatic N) is 5. The highest BCUT2D eigenvalue weighted by molar-refractivity contribution is 5.59. The Morgan fingerprint density at radius 3 is 2.58 bits per heavy atom. The van der Waals surface area contributed by atoms with Crippen LogP contribution >= 0.6 is 0 Å². The van der Waals surface area contributed by atoms with Gasteiger partial charge in [0.25, 0.3) is 0 Å². The fourth-order valence-electron chi connectivity index (χ4n) is 4.82. The van der Waals surface area contributed by atoms with Crippen LogP contribution in [0.5, 0.6) is 0 Å². The Kier molecular flexibility index (Phi) is 5.75. The predicted molar refractivity (Wildman–Crippen MR) is 121 cm³/mol. The minimum atomic E-state index is 0.279. The summed E-state index contributed by atoms with van der Waals surface area (Å²) in [6, 6.07) is 10.9. The second-order valence-electron chi connectivity index (χ2n) is 8.97. The van der Waals surface area contributed by atoms with E-state index in [-0.39, 0.29) is 6.10 Å². The summed E-state index contributed by atoms with van der Waals surface area (Å²) in [5, 5.41) is 12.5. The van der Waals surface area contributed by atoms with E-state index in [1.165, 1.54) is 50.8 Å². The highest BCUT2D eigenvalue weighted by atomic mass is 16.5. The van der Waals surface area contributed by atoms with E-state index >= 15 is 0 Å². The van der Waals surface area contributed by atoms with Crippen LogP contribution in [0.2, 0.25) is 0 Å². The van der Waals surface area contributed by atoms with Gasteiger partial charge in [-0.15, -0.1) is 0 Å². The third kappa shape index (κ3) is 4.36. The molecule has 1 saturated carbocycles. The summed E-state index contributed by atoms with van der Waals surface area (Å²) in [7, 11) is 1.77. The molecule has 3 aliphatic rings. The van der Waals surface area contributed by atoms with Gasteiger partial charge in [-0.1, -0.05) is 6.42 Å². The van der Waals surface area contributed by atoms with Gasteiger partial charge >= 0.3 is 0 Å². The van der Waals surface area contributed by atoms with Crippen molar-refractivity contribution in [2.24, 2.45) is 0 Å². The first-order chi connectivity index (χ1) is 15.2. The number of methoxy groups -OCH3 is 1. The number of likely N-dealkylation sites (tertiary alicyclic amines) is 1. The molecule has 2 saturated heterocycles. The molecule has 1 aliphatic carbocycles. The third-order valence-electron chi connectivity index (χ3n) is 7.08. The molecular formula is C24H30N6O. The lowest BCUT2D eigenvalue weighted by Crippen LogP contribution is -2.52. The Hall–Kier alpha value is -2.69. The van der Waals surface area contributed by atoms with E-state index in [1.807, 2.05) is 0 Å². The number of nitrogens with one attached hydrogen (secondary N) is 1. The molecule has 0 radical (unpaired) electrons. The number of piperidine rings is 1. The maximum absolute atomic E-state index is 9.19. The summed E-state index contributed by atoms with van der Waals surface area (Å²) in [5.41, 5.74) is 1.93. The van der Waals surface area contributed by atoms with Crippen LogP contribution in [0.25, 0.3) is 0 Å². The molecule has 0 unspecified atom stereocenters. The quantitative estimate of drug-likeness (QED) is 0.767. The molecule has 7 nitrogen and oxygen atoms in total. The van der Waals surface area contributed by atoms with Crippen LogP contribution in [0.15, 0.2) is 30.5 Å². The molecule has 2 aromatic rings. The van der Waals surface area contributed by atoms with Gasteiger partial charge in [0, 0.05) is 32.4 Å². The predicted octanol–water partition coefficient (Wildman–Crippen LogP) is 3.66. The van der Waals surface area contributed by atoms with Gasteiger partial charge < -0.3 is 19.9 Å². The first-order valence-corrected chi connectivity index (χ1v) is 11.4. The van der Waals surface area contributed by atoms with E-state index in [0.717, 1.165) is 30.8 Å². The number of hydrogen-bond donors (Lipinski definition) is 1. The molecule has 0 bridgehead atoms. The number of nitriles is 1. The summed E-state index contributed by atoms with van der Waals surface area (Å²) in [6.07, 6.45) is 8.48. The molecule has 0 atom stereocenters. The summed E-state index contributed by atoms with van der Waals surface area (Å²) in [6.45, 7) is 4.12. The van der Waals surface area contributed by atoms with Gasteiger partial charge in [0.05, 0.1) is 17.7 Å². The van der Waals surface area contributed by atoms with Crippen LogP contribution in [0.3, 0.4) is 0 Å². The van der Waals surface area contributed by atoms with E-state index in [1.54, 1.807) is 25.4 Å². The van der Waals surface area contributed by atoms with Gasteiger partial charge in [-0.2, -0.15) is 5.26 Å². The minimum absolute atomic E-state index is 0.279. The first kappa shape index (κ1) is 20.2. The summed E-state index contributed by atoms with van der Waals surface area (Å²) in [5.74, 6) is 2.98. The first-order valence-electron chi connectivity index (χ1n) is 11.4. The Morgan fingerprint density at radius 1 is 1.10 bits per heavy atom. The van der Waals surface area contributed by atoms with Gasteiger partial charge in [0.2, 0.25) is 0 Å². The van der Waals surface area contributed by atoms with Gasteiger partial charge in [-0.05, 0) is 74.5 Å². The number of pyridine rings is 2. The van der Waals surface area contributed by atoms with Crippen molar-refractivity contribution in [3.05, 3.63) is 41.6 Å². The molecule has 5 rings (SSSR count). The van der Waals surface area contributed by atoms with Crippen LogP contribution in [-0.2, 0) is 4.74 Å². The molecular weight excluding hydrogens is 388 g/mol. The van der Waals surface area contributed by atoms with Gasteiger partial charge in [0.1, 0.15) is 17.5 Å². The van der Waals surface area contributed by atoms with Crippen LogP contribution in [0.4, 0.5) is 17.5 Å². The Morgan fingerprint density at radius 2 is 1.90 bits per heavy atom. The third-order valence-corrected chi connectivity index (χ3v) is 7.08. The largest absolute Gasteiger partial charge is 0.378 e. The molecule has 31 heavy (non-hydrogen) atoms. The van der Waals surface area contributed by atoms with Crippen molar-refractivity contribution in [3.8, 4) is 6.07 Å². The highest BCUT2D eigenvalue weighted by Crippen LogP contribution is 2.36. The second-order valence-corrected chi connectivity index (χ2v) is 8.97. The van der Waals surface area contributed by atoms with Crippen molar-refractivity contribution in [3.63, 3.8) is 0 Å². The van der Waals surface area contributed by atoms with Crippen molar-refractivity contribution >= 4 is 17.5 Å². The van der Waals surface area contributed by atoms with Crippen molar-refractivity contribution in [1.82, 2.24) is 14.9 Å². The standard InChI is InChI=1S/C24H30N6O/c1-31-21-15-30(16-21)24-13-19(18-6-9-29(10-7-18)20-3-2-4-20)12-23(28-24)27-22-11-17(14-25)5-8-26-22/h5,8,11-13,18,20-21H,2-4,6-7,9-10,15-16H2,1H3,(H,26,27,28). The van der Waals surface area contributed by atoms with Crippen LogP contribution < -0.4 is 10.2 Å². The molecule has 162 valence electrons. The summed E-state index contributed by atoms with van der Waals surface area (Å²) < 4.78 is 5.45. The average molecular weight is 419 g/mol. The zero-order valence-electron chi connectivity index (χ0n) is 18.1. The number of hydrogen-bond acceptors (Lipinski definition) is 7. The van der Waals surface area contributed by atoms with E-state index in [4.69, 9.17) is 9.72 Å². The molecule has 0 spiro atoms. The SMILES string of the molecule is COC1CN(c2cc(C3CCN(C4CCC4)CC3)cc(Nc3cc(C#N)ccn3)n2)C1. The Bertz CT molecular complexity index is 955. The molecule has 0 amide bonds. The fraction of sp³-hybridized carbons (Fsp3) is 0.542. The lowest BCUT2D eigenvalue weighted by atomic mass is 9.85. The number of ether oxygens (including phenoxy) is 1. The Balaban J connectivity index is 1.36. The zero-order valence-corrected chi connectivity index (χ0v) is 18.1. The molecule has 1 N–H and O–H groups in total. The van der Waals surface area contributed by atoms with Gasteiger partial charge in [-0.25, -0.2) is 9.97 Å². The minimum Gasteiger partial charge on any atom is -0.378 e. The summed E-state index contributed by atoms with van der Waals surface area (Å²) >= 11 is 0. The molecule has 7 heteroatoms. The van der Waals surface area contributed by atoms with E-state index in [9.17, 15) is 5.26 Å². The summed E-state index contributed by atoms with van der Waals surface area (Å²) in [4.78, 5) is 14.2. The topological polar surface area (TPSA) is 77.3 Å². The van der Waals surface area contributed by atoms with Crippen LogP contribution in [-0.4, -0.2) is 60.3 Å². The van der Waals surface area contributed by atoms with Crippen molar-refractivity contribution in [2.75, 3.05) is 43.5 Å².